The topological polar surface area (TPSA) is 38.3 Å². The number of nitrogens with one attached hydrogen (secondary N) is 1. The lowest BCUT2D eigenvalue weighted by molar-refractivity contribution is -0.141. The Balaban J connectivity index is 2.18. The molecule has 2 atom stereocenters. The van der Waals surface area contributed by atoms with E-state index in [-0.39, 0.29) is 24.4 Å². The van der Waals surface area contributed by atoms with Gasteiger partial charge in [-0.15, -0.1) is 0 Å². The Bertz CT molecular complexity index is 722. The van der Waals surface area contributed by atoms with E-state index in [0.29, 0.717) is 6.07 Å². The van der Waals surface area contributed by atoms with E-state index in [1.165, 1.54) is 7.11 Å². The summed E-state index contributed by atoms with van der Waals surface area (Å²) >= 11 is 0. The molecule has 0 saturated heterocycles. The van der Waals surface area contributed by atoms with Crippen LogP contribution in [0.3, 0.4) is 0 Å². The van der Waals surface area contributed by atoms with E-state index in [1.807, 2.05) is 37.3 Å². The summed E-state index contributed by atoms with van der Waals surface area (Å²) in [6, 6.07) is 10.2. The van der Waals surface area contributed by atoms with Crippen molar-refractivity contribution in [3.8, 4) is 0 Å². The molecule has 0 radical (unpaired) electrons. The molecule has 0 fully saturated rings. The molecule has 0 spiro atoms. The minimum absolute atomic E-state index is 0.000523. The first-order chi connectivity index (χ1) is 11.9. The van der Waals surface area contributed by atoms with Crippen molar-refractivity contribution >= 4 is 5.97 Å². The third-order valence-electron chi connectivity index (χ3n) is 3.98. The first-order valence-corrected chi connectivity index (χ1v) is 7.92. The SMILES string of the molecule is COC(=O)CC(Cc1cc(F)c(F)cc1F)N[C@H](C)c1ccccc1. The van der Waals surface area contributed by atoms with Gasteiger partial charge in [-0.2, -0.15) is 0 Å². The third-order valence-corrected chi connectivity index (χ3v) is 3.98. The van der Waals surface area contributed by atoms with Crippen molar-refractivity contribution < 1.29 is 22.7 Å². The van der Waals surface area contributed by atoms with Gasteiger partial charge < -0.3 is 10.1 Å². The molecule has 2 aromatic carbocycles. The summed E-state index contributed by atoms with van der Waals surface area (Å²) in [6.07, 6.45) is 0.00140. The Labute approximate surface area is 144 Å². The van der Waals surface area contributed by atoms with Crippen LogP contribution < -0.4 is 5.32 Å². The number of carbonyl (C=O) groups is 1. The average molecular weight is 351 g/mol. The van der Waals surface area contributed by atoms with Crippen LogP contribution in [0.25, 0.3) is 0 Å². The Morgan fingerprint density at radius 1 is 1.08 bits per heavy atom. The monoisotopic (exact) mass is 351 g/mol. The summed E-state index contributed by atoms with van der Waals surface area (Å²) in [4.78, 5) is 11.6. The zero-order chi connectivity index (χ0) is 18.4. The van der Waals surface area contributed by atoms with Gasteiger partial charge in [0.2, 0.25) is 0 Å². The van der Waals surface area contributed by atoms with Crippen LogP contribution >= 0.6 is 0 Å². The van der Waals surface area contributed by atoms with Crippen molar-refractivity contribution in [1.82, 2.24) is 5.32 Å². The minimum Gasteiger partial charge on any atom is -0.469 e. The van der Waals surface area contributed by atoms with E-state index in [0.717, 1.165) is 11.6 Å². The summed E-state index contributed by atoms with van der Waals surface area (Å²) in [5, 5.41) is 3.22. The molecule has 1 unspecified atom stereocenters. The molecule has 2 aromatic rings. The quantitative estimate of drug-likeness (QED) is 0.607. The summed E-state index contributed by atoms with van der Waals surface area (Å²) in [5.41, 5.74) is 0.990. The van der Waals surface area contributed by atoms with Crippen LogP contribution in [0, 0.1) is 17.5 Å². The van der Waals surface area contributed by atoms with Crippen molar-refractivity contribution in [1.29, 1.82) is 0 Å². The van der Waals surface area contributed by atoms with Crippen LogP contribution in [0.4, 0.5) is 13.2 Å². The average Bonchev–Trinajstić information content (AvgIpc) is 2.60. The zero-order valence-electron chi connectivity index (χ0n) is 14.1. The maximum absolute atomic E-state index is 13.9. The number of halogens is 3. The van der Waals surface area contributed by atoms with Crippen LogP contribution in [0.1, 0.15) is 30.5 Å². The lowest BCUT2D eigenvalue weighted by atomic mass is 10.00. The number of hydrogen-bond donors (Lipinski definition) is 1. The van der Waals surface area contributed by atoms with Gasteiger partial charge in [-0.3, -0.25) is 4.79 Å². The standard InChI is InChI=1S/C19H20F3NO2/c1-12(13-6-4-3-5-7-13)23-15(10-19(24)25-2)8-14-9-17(21)18(22)11-16(14)20/h3-7,9,11-12,15,23H,8,10H2,1-2H3/t12-,15?/m1/s1. The first kappa shape index (κ1) is 19.0. The van der Waals surface area contributed by atoms with Crippen molar-refractivity contribution in [2.45, 2.75) is 31.8 Å². The summed E-state index contributed by atoms with van der Waals surface area (Å²) in [6.45, 7) is 1.90. The van der Waals surface area contributed by atoms with Gasteiger partial charge in [-0.05, 0) is 30.5 Å². The van der Waals surface area contributed by atoms with Gasteiger partial charge in [0.05, 0.1) is 13.5 Å². The maximum Gasteiger partial charge on any atom is 0.307 e. The van der Waals surface area contributed by atoms with E-state index >= 15 is 0 Å². The minimum atomic E-state index is -1.24. The molecular weight excluding hydrogens is 331 g/mol. The number of benzene rings is 2. The molecule has 6 heteroatoms. The molecule has 3 nitrogen and oxygen atoms in total. The summed E-state index contributed by atoms with van der Waals surface area (Å²) < 4.78 is 45.1. The third kappa shape index (κ3) is 5.32. The van der Waals surface area contributed by atoms with Gasteiger partial charge in [-0.1, -0.05) is 30.3 Å². The predicted molar refractivity (Wildman–Crippen MR) is 88.4 cm³/mol. The van der Waals surface area contributed by atoms with Crippen LogP contribution in [0.15, 0.2) is 42.5 Å². The molecule has 134 valence electrons. The van der Waals surface area contributed by atoms with Crippen molar-refractivity contribution in [3.63, 3.8) is 0 Å². The normalized spacial score (nSPS) is 13.3. The molecule has 2 rings (SSSR count). The van der Waals surface area contributed by atoms with Gasteiger partial charge in [0, 0.05) is 18.2 Å². The van der Waals surface area contributed by atoms with E-state index in [2.05, 4.69) is 10.1 Å². The molecule has 0 amide bonds. The molecule has 25 heavy (non-hydrogen) atoms. The Kier molecular flexibility index (Phi) is 6.58. The largest absolute Gasteiger partial charge is 0.469 e. The van der Waals surface area contributed by atoms with Gasteiger partial charge in [0.1, 0.15) is 5.82 Å². The molecule has 0 saturated carbocycles. The predicted octanol–water partition coefficient (Wildman–Crippen LogP) is 3.93. The lowest BCUT2D eigenvalue weighted by Crippen LogP contribution is -2.36. The Morgan fingerprint density at radius 3 is 2.36 bits per heavy atom. The van der Waals surface area contributed by atoms with Gasteiger partial charge >= 0.3 is 5.97 Å². The van der Waals surface area contributed by atoms with Crippen LogP contribution in [0.2, 0.25) is 0 Å². The highest BCUT2D eigenvalue weighted by atomic mass is 19.2. The Morgan fingerprint density at radius 2 is 1.72 bits per heavy atom. The molecular formula is C19H20F3NO2. The van der Waals surface area contributed by atoms with Gasteiger partial charge in [0.25, 0.3) is 0 Å². The number of esters is 1. The van der Waals surface area contributed by atoms with Crippen molar-refractivity contribution in [2.75, 3.05) is 7.11 Å². The van der Waals surface area contributed by atoms with E-state index in [9.17, 15) is 18.0 Å². The smallest absolute Gasteiger partial charge is 0.307 e. The second-order valence-corrected chi connectivity index (χ2v) is 5.84. The molecule has 0 aliphatic heterocycles. The maximum atomic E-state index is 13.9. The fraction of sp³-hybridized carbons (Fsp3) is 0.316. The molecule has 0 aliphatic carbocycles. The molecule has 1 N–H and O–H groups in total. The molecule has 0 heterocycles. The highest BCUT2D eigenvalue weighted by Gasteiger charge is 2.20. The summed E-state index contributed by atoms with van der Waals surface area (Å²) in [7, 11) is 1.26. The van der Waals surface area contributed by atoms with Crippen LogP contribution in [-0.4, -0.2) is 19.1 Å². The number of ether oxygens (including phenoxy) is 1. The number of methoxy groups -OCH3 is 1. The number of rotatable bonds is 7. The molecule has 0 bridgehead atoms. The summed E-state index contributed by atoms with van der Waals surface area (Å²) in [5.74, 6) is -3.68. The van der Waals surface area contributed by atoms with E-state index in [4.69, 9.17) is 0 Å². The number of carbonyl (C=O) groups excluding carboxylic acids is 1. The Hall–Kier alpha value is -2.34. The fourth-order valence-electron chi connectivity index (χ4n) is 2.65. The highest BCUT2D eigenvalue weighted by Crippen LogP contribution is 2.19. The van der Waals surface area contributed by atoms with Crippen LogP contribution in [-0.2, 0) is 16.0 Å². The molecule has 0 aromatic heterocycles. The van der Waals surface area contributed by atoms with Gasteiger partial charge in [-0.25, -0.2) is 13.2 Å². The fourth-order valence-corrected chi connectivity index (χ4v) is 2.65. The molecule has 0 aliphatic rings. The number of hydrogen-bond acceptors (Lipinski definition) is 3. The van der Waals surface area contributed by atoms with E-state index in [1.54, 1.807) is 0 Å². The zero-order valence-corrected chi connectivity index (χ0v) is 14.1. The second-order valence-electron chi connectivity index (χ2n) is 5.84. The van der Waals surface area contributed by atoms with Crippen LogP contribution in [0.5, 0.6) is 0 Å². The first-order valence-electron chi connectivity index (χ1n) is 7.92. The van der Waals surface area contributed by atoms with Crippen molar-refractivity contribution in [2.24, 2.45) is 0 Å². The van der Waals surface area contributed by atoms with Gasteiger partial charge in [0.15, 0.2) is 11.6 Å². The highest BCUT2D eigenvalue weighted by molar-refractivity contribution is 5.70. The second kappa shape index (κ2) is 8.67. The van der Waals surface area contributed by atoms with Crippen molar-refractivity contribution in [3.05, 3.63) is 71.0 Å². The lowest BCUT2D eigenvalue weighted by Gasteiger charge is -2.23. The van der Waals surface area contributed by atoms with E-state index < -0.39 is 29.5 Å².